The Labute approximate surface area is 103 Å². The third kappa shape index (κ3) is 3.43. The molecule has 0 fully saturated rings. The maximum atomic E-state index is 13.0. The molecule has 1 aromatic carbocycles. The fourth-order valence-corrected chi connectivity index (χ4v) is 2.12. The van der Waals surface area contributed by atoms with Gasteiger partial charge < -0.3 is 10.6 Å². The summed E-state index contributed by atoms with van der Waals surface area (Å²) >= 11 is 0. The highest BCUT2D eigenvalue weighted by Gasteiger charge is 2.20. The molecule has 0 aromatic heterocycles. The van der Waals surface area contributed by atoms with E-state index in [1.54, 1.807) is 12.1 Å². The number of hydrogen-bond acceptors (Lipinski definition) is 2. The van der Waals surface area contributed by atoms with Crippen molar-refractivity contribution in [2.24, 2.45) is 5.92 Å². The SMILES string of the molecule is CC(C)(C)NCC1CNc2cc(F)ccc2C1. The van der Waals surface area contributed by atoms with Crippen LogP contribution in [0.1, 0.15) is 26.3 Å². The van der Waals surface area contributed by atoms with Crippen LogP contribution in [0.3, 0.4) is 0 Å². The van der Waals surface area contributed by atoms with Gasteiger partial charge in [0, 0.05) is 24.3 Å². The van der Waals surface area contributed by atoms with E-state index < -0.39 is 0 Å². The van der Waals surface area contributed by atoms with Gasteiger partial charge in [0.25, 0.3) is 0 Å². The predicted octanol–water partition coefficient (Wildman–Crippen LogP) is 2.80. The van der Waals surface area contributed by atoms with Crippen LogP contribution in [-0.4, -0.2) is 18.6 Å². The molecule has 94 valence electrons. The topological polar surface area (TPSA) is 24.1 Å². The number of fused-ring (bicyclic) bond motifs is 1. The van der Waals surface area contributed by atoms with Gasteiger partial charge in [-0.25, -0.2) is 4.39 Å². The van der Waals surface area contributed by atoms with Crippen molar-refractivity contribution < 1.29 is 4.39 Å². The minimum Gasteiger partial charge on any atom is -0.384 e. The molecule has 0 saturated carbocycles. The first-order valence-electron chi connectivity index (χ1n) is 6.21. The lowest BCUT2D eigenvalue weighted by molar-refractivity contribution is 0.373. The van der Waals surface area contributed by atoms with Crippen LogP contribution in [-0.2, 0) is 6.42 Å². The van der Waals surface area contributed by atoms with Crippen LogP contribution in [0.15, 0.2) is 18.2 Å². The Kier molecular flexibility index (Phi) is 3.38. The van der Waals surface area contributed by atoms with Gasteiger partial charge in [-0.1, -0.05) is 6.07 Å². The van der Waals surface area contributed by atoms with Crippen molar-refractivity contribution in [2.75, 3.05) is 18.4 Å². The number of anilines is 1. The smallest absolute Gasteiger partial charge is 0.125 e. The summed E-state index contributed by atoms with van der Waals surface area (Å²) in [6, 6.07) is 5.02. The van der Waals surface area contributed by atoms with Crippen LogP contribution in [0, 0.1) is 11.7 Å². The second-order valence-electron chi connectivity index (χ2n) is 5.88. The molecule has 2 N–H and O–H groups in total. The van der Waals surface area contributed by atoms with E-state index in [1.165, 1.54) is 5.56 Å². The van der Waals surface area contributed by atoms with Crippen LogP contribution in [0.25, 0.3) is 0 Å². The molecule has 0 spiro atoms. The van der Waals surface area contributed by atoms with E-state index >= 15 is 0 Å². The van der Waals surface area contributed by atoms with E-state index in [4.69, 9.17) is 0 Å². The summed E-state index contributed by atoms with van der Waals surface area (Å²) in [5.74, 6) is 0.412. The van der Waals surface area contributed by atoms with Gasteiger partial charge in [-0.2, -0.15) is 0 Å². The molecule has 2 nitrogen and oxygen atoms in total. The number of benzene rings is 1. The van der Waals surface area contributed by atoms with Gasteiger partial charge in [0.2, 0.25) is 0 Å². The van der Waals surface area contributed by atoms with E-state index in [0.717, 1.165) is 25.2 Å². The van der Waals surface area contributed by atoms with Crippen molar-refractivity contribution in [1.29, 1.82) is 0 Å². The zero-order valence-corrected chi connectivity index (χ0v) is 10.8. The Bertz CT molecular complexity index is 396. The first-order chi connectivity index (χ1) is 7.94. The van der Waals surface area contributed by atoms with Crippen LogP contribution < -0.4 is 10.6 Å². The van der Waals surface area contributed by atoms with Crippen LogP contribution in [0.2, 0.25) is 0 Å². The first-order valence-corrected chi connectivity index (χ1v) is 6.21. The van der Waals surface area contributed by atoms with E-state index in [-0.39, 0.29) is 11.4 Å². The van der Waals surface area contributed by atoms with E-state index in [9.17, 15) is 4.39 Å². The summed E-state index contributed by atoms with van der Waals surface area (Å²) in [4.78, 5) is 0. The summed E-state index contributed by atoms with van der Waals surface area (Å²) in [5.41, 5.74) is 2.33. The monoisotopic (exact) mass is 236 g/mol. The van der Waals surface area contributed by atoms with Crippen molar-refractivity contribution >= 4 is 5.69 Å². The minimum absolute atomic E-state index is 0.156. The quantitative estimate of drug-likeness (QED) is 0.825. The number of halogens is 1. The Morgan fingerprint density at radius 1 is 1.41 bits per heavy atom. The molecule has 0 bridgehead atoms. The van der Waals surface area contributed by atoms with Gasteiger partial charge in [0.05, 0.1) is 0 Å². The zero-order chi connectivity index (χ0) is 12.5. The Balaban J connectivity index is 1.97. The third-order valence-corrected chi connectivity index (χ3v) is 3.08. The lowest BCUT2D eigenvalue weighted by Crippen LogP contribution is -2.42. The molecular formula is C14H21FN2. The van der Waals surface area contributed by atoms with Crippen molar-refractivity contribution in [3.05, 3.63) is 29.6 Å². The molecule has 2 rings (SSSR count). The van der Waals surface area contributed by atoms with Crippen LogP contribution in [0.4, 0.5) is 10.1 Å². The van der Waals surface area contributed by atoms with Gasteiger partial charge in [-0.05, 0) is 50.8 Å². The maximum Gasteiger partial charge on any atom is 0.125 e. The molecule has 1 aliphatic rings. The molecule has 1 heterocycles. The highest BCUT2D eigenvalue weighted by molar-refractivity contribution is 5.53. The molecule has 0 aliphatic carbocycles. The summed E-state index contributed by atoms with van der Waals surface area (Å²) in [6.45, 7) is 8.43. The largest absolute Gasteiger partial charge is 0.384 e. The Hall–Kier alpha value is -1.09. The van der Waals surface area contributed by atoms with Gasteiger partial charge in [0.1, 0.15) is 5.82 Å². The summed E-state index contributed by atoms with van der Waals surface area (Å²) in [6.07, 6.45) is 1.02. The lowest BCUT2D eigenvalue weighted by atomic mass is 9.93. The fraction of sp³-hybridized carbons (Fsp3) is 0.571. The molecule has 0 radical (unpaired) electrons. The standard InChI is InChI=1S/C14H21FN2/c1-14(2,3)17-9-10-6-11-4-5-12(15)7-13(11)16-8-10/h4-5,7,10,16-17H,6,8-9H2,1-3H3. The van der Waals surface area contributed by atoms with Gasteiger partial charge >= 0.3 is 0 Å². The van der Waals surface area contributed by atoms with Crippen LogP contribution >= 0.6 is 0 Å². The Morgan fingerprint density at radius 3 is 2.88 bits per heavy atom. The highest BCUT2D eigenvalue weighted by Crippen LogP contribution is 2.25. The van der Waals surface area contributed by atoms with Gasteiger partial charge in [-0.15, -0.1) is 0 Å². The van der Waals surface area contributed by atoms with Gasteiger partial charge in [0.15, 0.2) is 0 Å². The molecule has 0 saturated heterocycles. The molecule has 3 heteroatoms. The third-order valence-electron chi connectivity index (χ3n) is 3.08. The Morgan fingerprint density at radius 2 is 2.18 bits per heavy atom. The summed E-state index contributed by atoms with van der Waals surface area (Å²) < 4.78 is 13.0. The lowest BCUT2D eigenvalue weighted by Gasteiger charge is -2.29. The molecular weight excluding hydrogens is 215 g/mol. The molecule has 1 unspecified atom stereocenters. The molecule has 0 amide bonds. The molecule has 1 aromatic rings. The number of rotatable bonds is 2. The van der Waals surface area contributed by atoms with Gasteiger partial charge in [-0.3, -0.25) is 0 Å². The summed E-state index contributed by atoms with van der Waals surface area (Å²) in [5, 5.41) is 6.83. The van der Waals surface area contributed by atoms with E-state index in [2.05, 4.69) is 31.4 Å². The molecule has 1 aliphatic heterocycles. The van der Waals surface area contributed by atoms with Crippen molar-refractivity contribution in [3.8, 4) is 0 Å². The second kappa shape index (κ2) is 4.65. The van der Waals surface area contributed by atoms with E-state index in [1.807, 2.05) is 6.07 Å². The molecule has 17 heavy (non-hydrogen) atoms. The second-order valence-corrected chi connectivity index (χ2v) is 5.88. The summed E-state index contributed by atoms with van der Waals surface area (Å²) in [7, 11) is 0. The maximum absolute atomic E-state index is 13.0. The fourth-order valence-electron chi connectivity index (χ4n) is 2.12. The van der Waals surface area contributed by atoms with E-state index in [0.29, 0.717) is 5.92 Å². The zero-order valence-electron chi connectivity index (χ0n) is 10.8. The minimum atomic E-state index is -0.164. The molecule has 1 atom stereocenters. The highest BCUT2D eigenvalue weighted by atomic mass is 19.1. The van der Waals surface area contributed by atoms with Crippen molar-refractivity contribution in [1.82, 2.24) is 5.32 Å². The number of hydrogen-bond donors (Lipinski definition) is 2. The normalized spacial score (nSPS) is 19.6. The predicted molar refractivity (Wildman–Crippen MR) is 69.8 cm³/mol. The van der Waals surface area contributed by atoms with Crippen LogP contribution in [0.5, 0.6) is 0 Å². The van der Waals surface area contributed by atoms with Crippen molar-refractivity contribution in [2.45, 2.75) is 32.7 Å². The average Bonchev–Trinajstić information content (AvgIpc) is 2.25. The first kappa shape index (κ1) is 12.4. The number of nitrogens with one attached hydrogen (secondary N) is 2. The van der Waals surface area contributed by atoms with Crippen molar-refractivity contribution in [3.63, 3.8) is 0 Å². The average molecular weight is 236 g/mol.